The Balaban J connectivity index is 1.65. The molecule has 1 saturated heterocycles. The zero-order chi connectivity index (χ0) is 23.6. The lowest BCUT2D eigenvalue weighted by Crippen LogP contribution is -2.41. The minimum absolute atomic E-state index is 0.000371. The van der Waals surface area contributed by atoms with Crippen LogP contribution in [0.25, 0.3) is 0 Å². The summed E-state index contributed by atoms with van der Waals surface area (Å²) in [5.74, 6) is -1.47. The van der Waals surface area contributed by atoms with E-state index in [1.807, 2.05) is 33.8 Å². The van der Waals surface area contributed by atoms with Gasteiger partial charge in [0.1, 0.15) is 6.61 Å². The summed E-state index contributed by atoms with van der Waals surface area (Å²) >= 11 is 0. The molecule has 0 aliphatic carbocycles. The first kappa shape index (κ1) is 24.0. The molecule has 0 radical (unpaired) electrons. The van der Waals surface area contributed by atoms with E-state index in [9.17, 15) is 18.0 Å². The Hall–Kier alpha value is -2.65. The van der Waals surface area contributed by atoms with Gasteiger partial charge in [-0.2, -0.15) is 4.31 Å². The van der Waals surface area contributed by atoms with Crippen LogP contribution in [0.3, 0.4) is 0 Å². The number of hydrogen-bond acceptors (Lipinski definition) is 7. The highest BCUT2D eigenvalue weighted by Gasteiger charge is 2.35. The van der Waals surface area contributed by atoms with Gasteiger partial charge in [-0.05, 0) is 68.9 Å². The molecule has 1 fully saturated rings. The van der Waals surface area contributed by atoms with E-state index in [4.69, 9.17) is 9.15 Å². The molecule has 2 heterocycles. The van der Waals surface area contributed by atoms with Crippen LogP contribution in [-0.2, 0) is 30.9 Å². The van der Waals surface area contributed by atoms with E-state index in [1.54, 1.807) is 6.07 Å². The van der Waals surface area contributed by atoms with Crippen molar-refractivity contribution < 1.29 is 31.9 Å². The maximum atomic E-state index is 13.4. The van der Waals surface area contributed by atoms with Crippen LogP contribution in [0.4, 0.5) is 0 Å². The number of benzene rings is 1. The molecular weight excluding hydrogens is 434 g/mol. The molecule has 0 saturated carbocycles. The first-order valence-corrected chi connectivity index (χ1v) is 11.9. The van der Waals surface area contributed by atoms with Crippen LogP contribution >= 0.6 is 0 Å². The van der Waals surface area contributed by atoms with E-state index in [0.717, 1.165) is 22.3 Å². The fourth-order valence-corrected chi connectivity index (χ4v) is 6.06. The molecule has 1 aliphatic rings. The van der Waals surface area contributed by atoms with Crippen LogP contribution in [-0.4, -0.2) is 44.9 Å². The van der Waals surface area contributed by atoms with Gasteiger partial charge in [-0.15, -0.1) is 0 Å². The van der Waals surface area contributed by atoms with Crippen molar-refractivity contribution in [3.63, 3.8) is 0 Å². The summed E-state index contributed by atoms with van der Waals surface area (Å²) in [5, 5.41) is 0. The van der Waals surface area contributed by atoms with Gasteiger partial charge < -0.3 is 13.9 Å². The third kappa shape index (κ3) is 4.59. The second-order valence-corrected chi connectivity index (χ2v) is 10.0. The first-order chi connectivity index (χ1) is 15.1. The SMILES string of the molecule is COC(=O)c1occc1COC(=O)C1CCN(S(=O)(=O)c2c(C)c(C)cc(C)c2C)CC1. The van der Waals surface area contributed by atoms with Crippen LogP contribution in [0.15, 0.2) is 27.7 Å². The van der Waals surface area contributed by atoms with Crippen molar-refractivity contribution in [3.8, 4) is 0 Å². The normalized spacial score (nSPS) is 15.5. The van der Waals surface area contributed by atoms with Gasteiger partial charge in [0.25, 0.3) is 0 Å². The zero-order valence-electron chi connectivity index (χ0n) is 19.1. The Morgan fingerprint density at radius 2 is 1.69 bits per heavy atom. The Labute approximate surface area is 188 Å². The predicted molar refractivity (Wildman–Crippen MR) is 117 cm³/mol. The predicted octanol–water partition coefficient (Wildman–Crippen LogP) is 3.44. The van der Waals surface area contributed by atoms with Crippen molar-refractivity contribution in [2.24, 2.45) is 5.92 Å². The molecule has 0 N–H and O–H groups in total. The minimum Gasteiger partial charge on any atom is -0.463 e. The molecule has 2 aromatic rings. The number of hydrogen-bond donors (Lipinski definition) is 0. The molecule has 1 aromatic carbocycles. The number of aryl methyl sites for hydroxylation is 2. The molecule has 174 valence electrons. The topological polar surface area (TPSA) is 103 Å². The summed E-state index contributed by atoms with van der Waals surface area (Å²) in [6.07, 6.45) is 2.07. The third-order valence-corrected chi connectivity index (χ3v) is 8.34. The van der Waals surface area contributed by atoms with Gasteiger partial charge >= 0.3 is 11.9 Å². The lowest BCUT2D eigenvalue weighted by atomic mass is 9.98. The molecule has 8 nitrogen and oxygen atoms in total. The molecule has 32 heavy (non-hydrogen) atoms. The Morgan fingerprint density at radius 1 is 1.09 bits per heavy atom. The number of piperidine rings is 1. The van der Waals surface area contributed by atoms with E-state index >= 15 is 0 Å². The number of carbonyl (C=O) groups is 2. The first-order valence-electron chi connectivity index (χ1n) is 10.5. The minimum atomic E-state index is -3.67. The van der Waals surface area contributed by atoms with Gasteiger partial charge in [0.05, 0.1) is 24.2 Å². The molecule has 1 aromatic heterocycles. The highest BCUT2D eigenvalue weighted by atomic mass is 32.2. The van der Waals surface area contributed by atoms with Crippen molar-refractivity contribution in [3.05, 3.63) is 52.0 Å². The molecular formula is C23H29NO7S. The monoisotopic (exact) mass is 463 g/mol. The highest BCUT2D eigenvalue weighted by Crippen LogP contribution is 2.31. The number of methoxy groups -OCH3 is 1. The molecule has 0 spiro atoms. The number of furan rings is 1. The molecule has 3 rings (SSSR count). The smallest absolute Gasteiger partial charge is 0.374 e. The molecule has 1 aliphatic heterocycles. The second-order valence-electron chi connectivity index (χ2n) is 8.14. The van der Waals surface area contributed by atoms with Gasteiger partial charge in [-0.1, -0.05) is 6.07 Å². The Bertz CT molecular complexity index is 1100. The molecule has 0 unspecified atom stereocenters. The fraction of sp³-hybridized carbons (Fsp3) is 0.478. The van der Waals surface area contributed by atoms with Crippen LogP contribution in [0, 0.1) is 33.6 Å². The summed E-state index contributed by atoms with van der Waals surface area (Å²) in [5.41, 5.74) is 3.82. The zero-order valence-corrected chi connectivity index (χ0v) is 19.9. The van der Waals surface area contributed by atoms with Crippen LogP contribution in [0.1, 0.15) is 51.2 Å². The fourth-order valence-electron chi connectivity index (χ4n) is 4.02. The van der Waals surface area contributed by atoms with Crippen molar-refractivity contribution >= 4 is 22.0 Å². The highest BCUT2D eigenvalue weighted by molar-refractivity contribution is 7.89. The third-order valence-electron chi connectivity index (χ3n) is 6.17. The van der Waals surface area contributed by atoms with Crippen LogP contribution < -0.4 is 0 Å². The van der Waals surface area contributed by atoms with Crippen molar-refractivity contribution in [2.45, 2.75) is 52.0 Å². The average Bonchev–Trinajstić information content (AvgIpc) is 3.24. The van der Waals surface area contributed by atoms with Gasteiger partial charge in [-0.3, -0.25) is 4.79 Å². The second kappa shape index (κ2) is 9.46. The van der Waals surface area contributed by atoms with Gasteiger partial charge in [0.15, 0.2) is 0 Å². The number of sulfonamides is 1. The summed E-state index contributed by atoms with van der Waals surface area (Å²) in [4.78, 5) is 24.6. The summed E-state index contributed by atoms with van der Waals surface area (Å²) in [6.45, 7) is 7.86. The lowest BCUT2D eigenvalue weighted by Gasteiger charge is -2.31. The molecule has 0 bridgehead atoms. The van der Waals surface area contributed by atoms with Crippen LogP contribution in [0.2, 0.25) is 0 Å². The summed E-state index contributed by atoms with van der Waals surface area (Å²) in [7, 11) is -2.43. The molecule has 0 atom stereocenters. The van der Waals surface area contributed by atoms with E-state index in [2.05, 4.69) is 4.74 Å². The summed E-state index contributed by atoms with van der Waals surface area (Å²) < 4.78 is 43.3. The van der Waals surface area contributed by atoms with Gasteiger partial charge in [0.2, 0.25) is 15.8 Å². The number of esters is 2. The molecule has 9 heteroatoms. The number of rotatable bonds is 6. The molecule has 0 amide bonds. The largest absolute Gasteiger partial charge is 0.463 e. The van der Waals surface area contributed by atoms with E-state index < -0.39 is 27.9 Å². The van der Waals surface area contributed by atoms with Crippen molar-refractivity contribution in [1.82, 2.24) is 4.31 Å². The lowest BCUT2D eigenvalue weighted by molar-refractivity contribution is -0.151. The maximum absolute atomic E-state index is 13.4. The Kier molecular flexibility index (Phi) is 7.09. The van der Waals surface area contributed by atoms with E-state index in [0.29, 0.717) is 23.3 Å². The maximum Gasteiger partial charge on any atom is 0.374 e. The van der Waals surface area contributed by atoms with E-state index in [-0.39, 0.29) is 25.5 Å². The Morgan fingerprint density at radius 3 is 2.25 bits per heavy atom. The number of carbonyl (C=O) groups excluding carboxylic acids is 2. The van der Waals surface area contributed by atoms with Crippen molar-refractivity contribution in [2.75, 3.05) is 20.2 Å². The number of ether oxygens (including phenoxy) is 2. The van der Waals surface area contributed by atoms with Crippen LogP contribution in [0.5, 0.6) is 0 Å². The number of nitrogens with zero attached hydrogens (tertiary/aromatic N) is 1. The van der Waals surface area contributed by atoms with E-state index in [1.165, 1.54) is 17.7 Å². The quantitative estimate of drug-likeness (QED) is 0.605. The standard InChI is InChI=1S/C23H29NO7S/c1-14-12-15(2)17(4)21(16(14)3)32(27,28)24-9-6-18(7-10-24)22(25)31-13-19-8-11-30-20(19)23(26)29-5/h8,11-12,18H,6-7,9-10,13H2,1-5H3. The van der Waals surface area contributed by atoms with Gasteiger partial charge in [0, 0.05) is 18.7 Å². The van der Waals surface area contributed by atoms with Crippen molar-refractivity contribution in [1.29, 1.82) is 0 Å². The van der Waals surface area contributed by atoms with Gasteiger partial charge in [-0.25, -0.2) is 13.2 Å². The average molecular weight is 464 g/mol. The summed E-state index contributed by atoms with van der Waals surface area (Å²) in [6, 6.07) is 3.54.